The number of benzene rings is 1. The van der Waals surface area contributed by atoms with Crippen molar-refractivity contribution in [1.82, 2.24) is 20.6 Å². The topological polar surface area (TPSA) is 76.1 Å². The van der Waals surface area contributed by atoms with Crippen LogP contribution in [0, 0.1) is 0 Å². The Bertz CT molecular complexity index is 840. The number of carbonyl (C=O) groups is 1. The zero-order valence-electron chi connectivity index (χ0n) is 14.9. The fraction of sp³-hybridized carbons (Fsp3) is 0.389. The molecule has 6 nitrogen and oxygen atoms in total. The summed E-state index contributed by atoms with van der Waals surface area (Å²) in [6.45, 7) is 1.68. The quantitative estimate of drug-likeness (QED) is 0.758. The number of rotatable bonds is 5. The van der Waals surface area contributed by atoms with Crippen LogP contribution in [0.25, 0.3) is 11.3 Å². The number of hydrogen-bond acceptors (Lipinski definition) is 5. The summed E-state index contributed by atoms with van der Waals surface area (Å²) < 4.78 is 54.3. The van der Waals surface area contributed by atoms with Gasteiger partial charge in [0, 0.05) is 18.5 Å². The lowest BCUT2D eigenvalue weighted by atomic mass is 10.0. The number of nitrogens with one attached hydrogen (secondary N) is 2. The van der Waals surface area contributed by atoms with E-state index < -0.39 is 18.1 Å². The van der Waals surface area contributed by atoms with Gasteiger partial charge in [0.15, 0.2) is 0 Å². The summed E-state index contributed by atoms with van der Waals surface area (Å²) in [6.07, 6.45) is -3.36. The van der Waals surface area contributed by atoms with Gasteiger partial charge in [-0.15, -0.1) is 13.2 Å². The summed E-state index contributed by atoms with van der Waals surface area (Å²) in [4.78, 5) is 20.3. The van der Waals surface area contributed by atoms with Crippen molar-refractivity contribution in [2.24, 2.45) is 0 Å². The Balaban J connectivity index is 1.62. The van der Waals surface area contributed by atoms with Gasteiger partial charge in [-0.2, -0.15) is 0 Å². The van der Waals surface area contributed by atoms with Crippen molar-refractivity contribution in [3.63, 3.8) is 0 Å². The van der Waals surface area contributed by atoms with Gasteiger partial charge in [0.05, 0.1) is 24.0 Å². The molecule has 2 heterocycles. The molecule has 1 fully saturated rings. The minimum absolute atomic E-state index is 0.0974. The number of ether oxygens (including phenoxy) is 1. The molecule has 0 spiro atoms. The third-order valence-corrected chi connectivity index (χ3v) is 4.21. The van der Waals surface area contributed by atoms with E-state index >= 15 is 0 Å². The molecule has 2 unspecified atom stereocenters. The van der Waals surface area contributed by atoms with Crippen LogP contribution < -0.4 is 15.4 Å². The van der Waals surface area contributed by atoms with Crippen molar-refractivity contribution >= 4 is 5.91 Å². The molecule has 2 aromatic rings. The van der Waals surface area contributed by atoms with Crippen LogP contribution in [-0.2, 0) is 11.3 Å². The molecule has 1 amide bonds. The average molecular weight is 398 g/mol. The SMILES string of the molecule is CC1(F)CNC(C(=O)NCc2cc(-c3ccc(OC(F)(F)F)cc3)ncn2)C1. The van der Waals surface area contributed by atoms with Gasteiger partial charge in [-0.3, -0.25) is 4.79 Å². The summed E-state index contributed by atoms with van der Waals surface area (Å²) >= 11 is 0. The molecule has 2 N–H and O–H groups in total. The smallest absolute Gasteiger partial charge is 0.406 e. The van der Waals surface area contributed by atoms with E-state index in [4.69, 9.17) is 0 Å². The monoisotopic (exact) mass is 398 g/mol. The first-order valence-electron chi connectivity index (χ1n) is 8.48. The third-order valence-electron chi connectivity index (χ3n) is 4.21. The molecular weight excluding hydrogens is 380 g/mol. The number of nitrogens with zero attached hydrogens (tertiary/aromatic N) is 2. The molecule has 1 aromatic carbocycles. The van der Waals surface area contributed by atoms with Crippen LogP contribution in [0.15, 0.2) is 36.7 Å². The van der Waals surface area contributed by atoms with Gasteiger partial charge in [0.1, 0.15) is 17.7 Å². The molecule has 1 aliphatic rings. The maximum Gasteiger partial charge on any atom is 0.573 e. The number of hydrogen-bond donors (Lipinski definition) is 2. The summed E-state index contributed by atoms with van der Waals surface area (Å²) in [5, 5.41) is 5.52. The lowest BCUT2D eigenvalue weighted by molar-refractivity contribution is -0.274. The van der Waals surface area contributed by atoms with Gasteiger partial charge < -0.3 is 15.4 Å². The average Bonchev–Trinajstić information content (AvgIpc) is 2.99. The molecule has 1 aliphatic heterocycles. The first kappa shape index (κ1) is 20.0. The second-order valence-electron chi connectivity index (χ2n) is 6.74. The van der Waals surface area contributed by atoms with E-state index in [-0.39, 0.29) is 31.2 Å². The fourth-order valence-corrected chi connectivity index (χ4v) is 2.87. The summed E-state index contributed by atoms with van der Waals surface area (Å²) in [5.74, 6) is -0.656. The van der Waals surface area contributed by atoms with E-state index in [1.807, 2.05) is 0 Å². The molecule has 10 heteroatoms. The maximum absolute atomic E-state index is 13.8. The highest BCUT2D eigenvalue weighted by Crippen LogP contribution is 2.26. The van der Waals surface area contributed by atoms with Crippen molar-refractivity contribution in [3.05, 3.63) is 42.4 Å². The lowest BCUT2D eigenvalue weighted by Crippen LogP contribution is -2.40. The van der Waals surface area contributed by atoms with Crippen LogP contribution >= 0.6 is 0 Å². The molecule has 1 aromatic heterocycles. The van der Waals surface area contributed by atoms with Crippen LogP contribution in [0.2, 0.25) is 0 Å². The maximum atomic E-state index is 13.8. The fourth-order valence-electron chi connectivity index (χ4n) is 2.87. The summed E-state index contributed by atoms with van der Waals surface area (Å²) in [6, 6.07) is 6.27. The summed E-state index contributed by atoms with van der Waals surface area (Å²) in [5.41, 5.74) is 0.143. The minimum atomic E-state index is -4.75. The first-order chi connectivity index (χ1) is 13.1. The molecule has 2 atom stereocenters. The van der Waals surface area contributed by atoms with E-state index in [0.29, 0.717) is 17.0 Å². The summed E-state index contributed by atoms with van der Waals surface area (Å²) in [7, 11) is 0. The van der Waals surface area contributed by atoms with Crippen molar-refractivity contribution in [1.29, 1.82) is 0 Å². The highest BCUT2D eigenvalue weighted by atomic mass is 19.4. The lowest BCUT2D eigenvalue weighted by Gasteiger charge is -2.12. The van der Waals surface area contributed by atoms with Crippen molar-refractivity contribution < 1.29 is 27.1 Å². The van der Waals surface area contributed by atoms with E-state index in [2.05, 4.69) is 25.3 Å². The molecule has 28 heavy (non-hydrogen) atoms. The van der Waals surface area contributed by atoms with Gasteiger partial charge >= 0.3 is 6.36 Å². The zero-order valence-corrected chi connectivity index (χ0v) is 14.9. The Morgan fingerprint density at radius 3 is 2.64 bits per heavy atom. The number of amides is 1. The van der Waals surface area contributed by atoms with E-state index in [0.717, 1.165) is 0 Å². The molecule has 0 bridgehead atoms. The van der Waals surface area contributed by atoms with E-state index in [1.165, 1.54) is 37.5 Å². The van der Waals surface area contributed by atoms with Crippen molar-refractivity contribution in [2.45, 2.75) is 38.0 Å². The van der Waals surface area contributed by atoms with Crippen molar-refractivity contribution in [3.8, 4) is 17.0 Å². The van der Waals surface area contributed by atoms with E-state index in [9.17, 15) is 22.4 Å². The van der Waals surface area contributed by atoms with E-state index in [1.54, 1.807) is 6.07 Å². The van der Waals surface area contributed by atoms with Crippen LogP contribution in [-0.4, -0.2) is 40.5 Å². The van der Waals surface area contributed by atoms with Gasteiger partial charge in [-0.1, -0.05) is 0 Å². The van der Waals surface area contributed by atoms with Crippen LogP contribution in [0.4, 0.5) is 17.6 Å². The Hall–Kier alpha value is -2.75. The normalized spacial score (nSPS) is 22.1. The predicted octanol–water partition coefficient (Wildman–Crippen LogP) is 2.75. The first-order valence-corrected chi connectivity index (χ1v) is 8.48. The van der Waals surface area contributed by atoms with Gasteiger partial charge in [0.2, 0.25) is 5.91 Å². The molecule has 150 valence electrons. The third kappa shape index (κ3) is 5.38. The number of alkyl halides is 4. The predicted molar refractivity (Wildman–Crippen MR) is 91.9 cm³/mol. The van der Waals surface area contributed by atoms with Crippen molar-refractivity contribution in [2.75, 3.05) is 6.54 Å². The second-order valence-corrected chi connectivity index (χ2v) is 6.74. The molecule has 0 radical (unpaired) electrons. The Labute approximate surface area is 158 Å². The second kappa shape index (κ2) is 7.70. The largest absolute Gasteiger partial charge is 0.573 e. The molecule has 0 saturated carbocycles. The highest BCUT2D eigenvalue weighted by Gasteiger charge is 2.38. The molecule has 1 saturated heterocycles. The number of halogens is 4. The Morgan fingerprint density at radius 2 is 2.04 bits per heavy atom. The van der Waals surface area contributed by atoms with Crippen LogP contribution in [0.1, 0.15) is 19.0 Å². The van der Waals surface area contributed by atoms with Gasteiger partial charge in [-0.25, -0.2) is 14.4 Å². The van der Waals surface area contributed by atoms with Gasteiger partial charge in [0.25, 0.3) is 0 Å². The zero-order chi connectivity index (χ0) is 20.4. The number of carbonyl (C=O) groups excluding carboxylic acids is 1. The number of aromatic nitrogens is 2. The Kier molecular flexibility index (Phi) is 5.50. The minimum Gasteiger partial charge on any atom is -0.406 e. The highest BCUT2D eigenvalue weighted by molar-refractivity contribution is 5.82. The standard InChI is InChI=1S/C18H18F4N4O2/c1-17(19)7-15(24-9-17)16(27)23-8-12-6-14(26-10-25-12)11-2-4-13(5-3-11)28-18(20,21)22/h2-6,10,15,24H,7-9H2,1H3,(H,23,27). The molecule has 0 aliphatic carbocycles. The molecular formula is C18H18F4N4O2. The van der Waals surface area contributed by atoms with Crippen LogP contribution in [0.3, 0.4) is 0 Å². The van der Waals surface area contributed by atoms with Gasteiger partial charge in [-0.05, 0) is 37.3 Å². The van der Waals surface area contributed by atoms with Crippen LogP contribution in [0.5, 0.6) is 5.75 Å². The Morgan fingerprint density at radius 1 is 1.32 bits per heavy atom. The molecule has 3 rings (SSSR count).